The number of aliphatic imine (C=N–C) groups is 1. The van der Waals surface area contributed by atoms with E-state index in [1.165, 1.54) is 6.07 Å². The third kappa shape index (κ3) is 7.24. The van der Waals surface area contributed by atoms with E-state index in [0.29, 0.717) is 32.3 Å². The van der Waals surface area contributed by atoms with Gasteiger partial charge in [-0.1, -0.05) is 24.3 Å². The first-order valence-corrected chi connectivity index (χ1v) is 8.74. The van der Waals surface area contributed by atoms with Gasteiger partial charge in [0.25, 0.3) is 0 Å². The molecule has 0 heterocycles. The lowest BCUT2D eigenvalue weighted by Crippen LogP contribution is -2.36. The van der Waals surface area contributed by atoms with Gasteiger partial charge in [0.2, 0.25) is 0 Å². The lowest BCUT2D eigenvalue weighted by atomic mass is 10.2. The Morgan fingerprint density at radius 3 is 2.30 bits per heavy atom. The average Bonchev–Trinajstić information content (AvgIpc) is 2.65. The molecule has 0 saturated carbocycles. The van der Waals surface area contributed by atoms with E-state index in [1.807, 2.05) is 44.2 Å². The fourth-order valence-corrected chi connectivity index (χ4v) is 2.46. The van der Waals surface area contributed by atoms with Crippen molar-refractivity contribution in [1.29, 1.82) is 0 Å². The fraction of sp³-hybridized carbons (Fsp3) is 0.350. The van der Waals surface area contributed by atoms with E-state index in [9.17, 15) is 4.39 Å². The summed E-state index contributed by atoms with van der Waals surface area (Å²) in [4.78, 5) is 4.20. The van der Waals surface area contributed by atoms with Gasteiger partial charge >= 0.3 is 0 Å². The lowest BCUT2D eigenvalue weighted by Gasteiger charge is -2.14. The summed E-state index contributed by atoms with van der Waals surface area (Å²) in [7, 11) is 1.70. The highest BCUT2D eigenvalue weighted by atomic mass is 127. The molecule has 0 aliphatic rings. The van der Waals surface area contributed by atoms with Crippen LogP contribution in [0.4, 0.5) is 4.39 Å². The standard InChI is InChI=1S/C20H26FN3O2.HI/c1-4-25-18-9-7-6-8-16(18)14-24-20(22-3)23-13-15-10-11-19(26-5-2)17(21)12-15;/h6-12H,4-5,13-14H2,1-3H3,(H2,22,23,24);1H. The zero-order valence-electron chi connectivity index (χ0n) is 15.9. The second-order valence-corrected chi connectivity index (χ2v) is 5.52. The van der Waals surface area contributed by atoms with Gasteiger partial charge in [0.05, 0.1) is 13.2 Å². The minimum absolute atomic E-state index is 0. The molecule has 0 spiro atoms. The van der Waals surface area contributed by atoms with Gasteiger partial charge in [0, 0.05) is 25.7 Å². The minimum Gasteiger partial charge on any atom is -0.494 e. The molecule has 2 N–H and O–H groups in total. The molecule has 2 aromatic rings. The second-order valence-electron chi connectivity index (χ2n) is 5.52. The molecular formula is C20H27FIN3O2. The summed E-state index contributed by atoms with van der Waals surface area (Å²) in [5.41, 5.74) is 1.85. The van der Waals surface area contributed by atoms with Crippen LogP contribution >= 0.6 is 24.0 Å². The third-order valence-electron chi connectivity index (χ3n) is 3.70. The van der Waals surface area contributed by atoms with E-state index >= 15 is 0 Å². The van der Waals surface area contributed by atoms with Crippen LogP contribution in [0.2, 0.25) is 0 Å². The van der Waals surface area contributed by atoms with Crippen molar-refractivity contribution in [3.05, 3.63) is 59.4 Å². The Morgan fingerprint density at radius 2 is 1.63 bits per heavy atom. The number of hydrogen-bond donors (Lipinski definition) is 2. The zero-order valence-corrected chi connectivity index (χ0v) is 18.3. The topological polar surface area (TPSA) is 54.9 Å². The Hall–Kier alpha value is -2.03. The normalized spacial score (nSPS) is 10.7. The van der Waals surface area contributed by atoms with E-state index in [4.69, 9.17) is 9.47 Å². The van der Waals surface area contributed by atoms with Crippen molar-refractivity contribution in [2.45, 2.75) is 26.9 Å². The van der Waals surface area contributed by atoms with Crippen LogP contribution in [0.3, 0.4) is 0 Å². The van der Waals surface area contributed by atoms with Crippen LogP contribution in [0.5, 0.6) is 11.5 Å². The predicted molar refractivity (Wildman–Crippen MR) is 118 cm³/mol. The van der Waals surface area contributed by atoms with Crippen LogP contribution in [0, 0.1) is 5.82 Å². The summed E-state index contributed by atoms with van der Waals surface area (Å²) in [5, 5.41) is 6.42. The molecule has 27 heavy (non-hydrogen) atoms. The van der Waals surface area contributed by atoms with Crippen LogP contribution < -0.4 is 20.1 Å². The molecule has 148 valence electrons. The van der Waals surface area contributed by atoms with Crippen LogP contribution in [0.25, 0.3) is 0 Å². The number of guanidine groups is 1. The number of ether oxygens (including phenoxy) is 2. The van der Waals surface area contributed by atoms with E-state index in [-0.39, 0.29) is 35.5 Å². The number of para-hydroxylation sites is 1. The van der Waals surface area contributed by atoms with Gasteiger partial charge in [0.15, 0.2) is 17.5 Å². The molecule has 7 heteroatoms. The molecule has 0 bridgehead atoms. The molecule has 5 nitrogen and oxygen atoms in total. The Kier molecular flexibility index (Phi) is 10.5. The van der Waals surface area contributed by atoms with E-state index < -0.39 is 0 Å². The van der Waals surface area contributed by atoms with Crippen molar-refractivity contribution in [3.8, 4) is 11.5 Å². The summed E-state index contributed by atoms with van der Waals surface area (Å²) in [6.45, 7) is 5.88. The Labute approximate surface area is 177 Å². The SMILES string of the molecule is CCOc1ccc(CNC(=NC)NCc2ccccc2OCC)cc1F.I. The molecule has 2 aromatic carbocycles. The highest BCUT2D eigenvalue weighted by Gasteiger charge is 2.06. The third-order valence-corrected chi connectivity index (χ3v) is 3.70. The maximum absolute atomic E-state index is 13.9. The molecule has 0 saturated heterocycles. The van der Waals surface area contributed by atoms with Gasteiger partial charge in [-0.3, -0.25) is 4.99 Å². The first kappa shape index (κ1) is 23.0. The number of halogens is 2. The number of nitrogens with one attached hydrogen (secondary N) is 2. The van der Waals surface area contributed by atoms with Gasteiger partial charge in [0.1, 0.15) is 5.75 Å². The van der Waals surface area contributed by atoms with Gasteiger partial charge in [-0.2, -0.15) is 0 Å². The number of hydrogen-bond acceptors (Lipinski definition) is 3. The van der Waals surface area contributed by atoms with Crippen molar-refractivity contribution in [1.82, 2.24) is 10.6 Å². The lowest BCUT2D eigenvalue weighted by molar-refractivity contribution is 0.321. The summed E-state index contributed by atoms with van der Waals surface area (Å²) in [5.74, 6) is 1.39. The largest absolute Gasteiger partial charge is 0.494 e. The minimum atomic E-state index is -0.361. The Balaban J connectivity index is 0.00000364. The monoisotopic (exact) mass is 487 g/mol. The van der Waals surface area contributed by atoms with Gasteiger partial charge in [-0.25, -0.2) is 4.39 Å². The van der Waals surface area contributed by atoms with E-state index in [1.54, 1.807) is 13.1 Å². The summed E-state index contributed by atoms with van der Waals surface area (Å²) >= 11 is 0. The van der Waals surface area contributed by atoms with Crippen LogP contribution in [-0.4, -0.2) is 26.2 Å². The summed E-state index contributed by atoms with van der Waals surface area (Å²) < 4.78 is 24.8. The Bertz CT molecular complexity index is 741. The maximum atomic E-state index is 13.9. The molecule has 0 unspecified atom stereocenters. The second kappa shape index (κ2) is 12.4. The molecule has 0 atom stereocenters. The van der Waals surface area contributed by atoms with Gasteiger partial charge in [-0.15, -0.1) is 24.0 Å². The van der Waals surface area contributed by atoms with Crippen molar-refractivity contribution >= 4 is 29.9 Å². The van der Waals surface area contributed by atoms with Crippen molar-refractivity contribution in [2.24, 2.45) is 4.99 Å². The van der Waals surface area contributed by atoms with E-state index in [0.717, 1.165) is 16.9 Å². The number of rotatable bonds is 8. The fourth-order valence-electron chi connectivity index (χ4n) is 2.46. The first-order valence-electron chi connectivity index (χ1n) is 8.74. The quantitative estimate of drug-likeness (QED) is 0.335. The van der Waals surface area contributed by atoms with Gasteiger partial charge < -0.3 is 20.1 Å². The molecule has 0 aromatic heterocycles. The molecule has 0 fully saturated rings. The molecule has 0 aliphatic heterocycles. The van der Waals surface area contributed by atoms with Crippen molar-refractivity contribution < 1.29 is 13.9 Å². The molecule has 0 radical (unpaired) electrons. The zero-order chi connectivity index (χ0) is 18.8. The summed E-state index contributed by atoms with van der Waals surface area (Å²) in [6.07, 6.45) is 0. The molecule has 2 rings (SSSR count). The Morgan fingerprint density at radius 1 is 0.963 bits per heavy atom. The molecular weight excluding hydrogens is 460 g/mol. The van der Waals surface area contributed by atoms with Gasteiger partial charge in [-0.05, 0) is 37.6 Å². The van der Waals surface area contributed by atoms with Crippen LogP contribution in [0.15, 0.2) is 47.5 Å². The van der Waals surface area contributed by atoms with Crippen molar-refractivity contribution in [3.63, 3.8) is 0 Å². The molecule has 0 aliphatic carbocycles. The average molecular weight is 487 g/mol. The highest BCUT2D eigenvalue weighted by Crippen LogP contribution is 2.19. The molecule has 0 amide bonds. The highest BCUT2D eigenvalue weighted by molar-refractivity contribution is 14.0. The van der Waals surface area contributed by atoms with Crippen LogP contribution in [0.1, 0.15) is 25.0 Å². The number of nitrogens with zero attached hydrogens (tertiary/aromatic N) is 1. The predicted octanol–water partition coefficient (Wildman–Crippen LogP) is 4.11. The maximum Gasteiger partial charge on any atom is 0.191 e. The first-order chi connectivity index (χ1) is 12.7. The van der Waals surface area contributed by atoms with Crippen LogP contribution in [-0.2, 0) is 13.1 Å². The van der Waals surface area contributed by atoms with Crippen molar-refractivity contribution in [2.75, 3.05) is 20.3 Å². The number of benzene rings is 2. The smallest absolute Gasteiger partial charge is 0.191 e. The van der Waals surface area contributed by atoms with E-state index in [2.05, 4.69) is 15.6 Å². The summed E-state index contributed by atoms with van der Waals surface area (Å²) in [6, 6.07) is 12.8.